The van der Waals surface area contributed by atoms with Gasteiger partial charge in [0.2, 0.25) is 5.91 Å². The molecule has 0 aromatic carbocycles. The highest BCUT2D eigenvalue weighted by molar-refractivity contribution is 6.10. The molecule has 0 bridgehead atoms. The molecule has 0 radical (unpaired) electrons. The molecule has 0 aliphatic heterocycles. The average Bonchev–Trinajstić information content (AvgIpc) is 3.02. The van der Waals surface area contributed by atoms with E-state index in [9.17, 15) is 14.7 Å². The van der Waals surface area contributed by atoms with Gasteiger partial charge in [-0.15, -0.1) is 0 Å². The molecule has 1 fully saturated rings. The molecule has 3 heterocycles. The second-order valence-corrected chi connectivity index (χ2v) is 5.70. The van der Waals surface area contributed by atoms with E-state index in [0.717, 1.165) is 0 Å². The lowest BCUT2D eigenvalue weighted by Crippen LogP contribution is -2.31. The summed E-state index contributed by atoms with van der Waals surface area (Å²) in [4.78, 5) is 32.3. The zero-order valence-electron chi connectivity index (χ0n) is 12.9. The Kier molecular flexibility index (Phi) is 3.34. The molecular weight excluding hydrogens is 326 g/mol. The van der Waals surface area contributed by atoms with Crippen LogP contribution in [0.4, 0.5) is 5.82 Å². The van der Waals surface area contributed by atoms with Crippen LogP contribution >= 0.6 is 0 Å². The monoisotopic (exact) mass is 339 g/mol. The molecule has 0 unspecified atom stereocenters. The highest BCUT2D eigenvalue weighted by Gasteiger charge is 2.57. The van der Waals surface area contributed by atoms with Crippen LogP contribution in [-0.2, 0) is 9.59 Å². The maximum absolute atomic E-state index is 12.3. The van der Waals surface area contributed by atoms with Crippen molar-refractivity contribution in [3.05, 3.63) is 42.9 Å². The quantitative estimate of drug-likeness (QED) is 0.678. The van der Waals surface area contributed by atoms with Crippen molar-refractivity contribution < 1.29 is 19.1 Å². The van der Waals surface area contributed by atoms with Gasteiger partial charge in [-0.05, 0) is 31.0 Å². The van der Waals surface area contributed by atoms with E-state index in [0.29, 0.717) is 24.4 Å². The minimum Gasteiger partial charge on any atom is -0.480 e. The Hall–Kier alpha value is -3.49. The Balaban J connectivity index is 1.72. The van der Waals surface area contributed by atoms with Crippen molar-refractivity contribution in [3.8, 4) is 17.4 Å². The summed E-state index contributed by atoms with van der Waals surface area (Å²) in [5.74, 6) is -0.434. The second-order valence-electron chi connectivity index (χ2n) is 5.70. The molecule has 0 atom stereocenters. The number of hydrogen-bond donors (Lipinski definition) is 2. The largest absolute Gasteiger partial charge is 0.480 e. The number of carbonyl (C=O) groups is 2. The number of carboxylic acid groups (broad SMARTS) is 1. The van der Waals surface area contributed by atoms with Gasteiger partial charge in [-0.1, -0.05) is 0 Å². The Labute approximate surface area is 141 Å². The summed E-state index contributed by atoms with van der Waals surface area (Å²) in [5, 5.41) is 15.9. The van der Waals surface area contributed by atoms with E-state index in [4.69, 9.17) is 4.42 Å². The third kappa shape index (κ3) is 2.65. The van der Waals surface area contributed by atoms with Gasteiger partial charge in [0.1, 0.15) is 11.2 Å². The van der Waals surface area contributed by atoms with Crippen LogP contribution in [0, 0.1) is 5.41 Å². The van der Waals surface area contributed by atoms with Crippen molar-refractivity contribution in [2.24, 2.45) is 5.41 Å². The average molecular weight is 339 g/mol. The first kappa shape index (κ1) is 15.1. The number of rotatable bonds is 5. The van der Waals surface area contributed by atoms with Crippen molar-refractivity contribution in [3.63, 3.8) is 0 Å². The van der Waals surface area contributed by atoms with E-state index >= 15 is 0 Å². The summed E-state index contributed by atoms with van der Waals surface area (Å²) in [6.07, 6.45) is 5.41. The van der Waals surface area contributed by atoms with Crippen molar-refractivity contribution in [2.75, 3.05) is 5.32 Å². The van der Waals surface area contributed by atoms with Crippen molar-refractivity contribution in [2.45, 2.75) is 12.8 Å². The number of hydrogen-bond acceptors (Lipinski definition) is 6. The van der Waals surface area contributed by atoms with Crippen molar-refractivity contribution in [1.82, 2.24) is 19.7 Å². The van der Waals surface area contributed by atoms with E-state index in [1.807, 2.05) is 0 Å². The number of amides is 1. The van der Waals surface area contributed by atoms with Crippen LogP contribution in [0.2, 0.25) is 0 Å². The van der Waals surface area contributed by atoms with Crippen LogP contribution in [0.5, 0.6) is 0 Å². The third-order valence-corrected chi connectivity index (χ3v) is 4.03. The van der Waals surface area contributed by atoms with Crippen LogP contribution in [0.3, 0.4) is 0 Å². The molecule has 0 spiro atoms. The number of aliphatic carboxylic acids is 1. The van der Waals surface area contributed by atoms with Gasteiger partial charge >= 0.3 is 5.97 Å². The fraction of sp³-hybridized carbons (Fsp3) is 0.188. The second kappa shape index (κ2) is 5.55. The fourth-order valence-electron chi connectivity index (χ4n) is 2.44. The summed E-state index contributed by atoms with van der Waals surface area (Å²) in [6, 6.07) is 6.64. The summed E-state index contributed by atoms with van der Waals surface area (Å²) in [5.41, 5.74) is -1.36. The van der Waals surface area contributed by atoms with Gasteiger partial charge in [0.05, 0.1) is 6.26 Å². The number of nitrogens with zero attached hydrogens (tertiary/aromatic N) is 4. The predicted molar refractivity (Wildman–Crippen MR) is 84.8 cm³/mol. The minimum atomic E-state index is -1.36. The number of carboxylic acids is 1. The van der Waals surface area contributed by atoms with Gasteiger partial charge in [0.25, 0.3) is 0 Å². The molecule has 25 heavy (non-hydrogen) atoms. The van der Waals surface area contributed by atoms with Crippen LogP contribution in [-0.4, -0.2) is 36.7 Å². The third-order valence-electron chi connectivity index (χ3n) is 4.03. The molecule has 9 heteroatoms. The normalized spacial score (nSPS) is 14.9. The highest BCUT2D eigenvalue weighted by Crippen LogP contribution is 2.46. The zero-order valence-corrected chi connectivity index (χ0v) is 12.9. The molecular formula is C16H13N5O4. The Morgan fingerprint density at radius 2 is 2.12 bits per heavy atom. The molecule has 1 aliphatic rings. The van der Waals surface area contributed by atoms with Crippen LogP contribution in [0.25, 0.3) is 17.4 Å². The Morgan fingerprint density at radius 3 is 2.72 bits per heavy atom. The Bertz CT molecular complexity index is 877. The molecule has 3 aromatic heterocycles. The molecule has 1 amide bonds. The predicted octanol–water partition coefficient (Wildman–Crippen LogP) is 1.73. The first-order chi connectivity index (χ1) is 12.1. The smallest absolute Gasteiger partial charge is 0.319 e. The van der Waals surface area contributed by atoms with E-state index in [-0.39, 0.29) is 11.6 Å². The minimum absolute atomic E-state index is 0.185. The van der Waals surface area contributed by atoms with E-state index in [1.54, 1.807) is 30.6 Å². The van der Waals surface area contributed by atoms with Crippen molar-refractivity contribution in [1.29, 1.82) is 0 Å². The molecule has 0 saturated heterocycles. The summed E-state index contributed by atoms with van der Waals surface area (Å²) in [6.45, 7) is 0. The Morgan fingerprint density at radius 1 is 1.28 bits per heavy atom. The first-order valence-corrected chi connectivity index (χ1v) is 7.56. The standard InChI is InChI=1S/C16H13N5O4/c22-14(16(4-5-16)15(23)24)19-11-9-12(21-7-2-6-17-21)20-13(18-11)10-3-1-8-25-10/h1-3,6-9H,4-5H2,(H,23,24)(H,18,19,20,22). The molecule has 2 N–H and O–H groups in total. The molecule has 9 nitrogen and oxygen atoms in total. The van der Waals surface area contributed by atoms with Crippen LogP contribution < -0.4 is 5.32 Å². The number of aromatic nitrogens is 4. The SMILES string of the molecule is O=C(O)C1(C(=O)Nc2cc(-n3cccn3)nc(-c3ccco3)n2)CC1. The van der Waals surface area contributed by atoms with E-state index in [1.165, 1.54) is 17.0 Å². The maximum atomic E-state index is 12.3. The lowest BCUT2D eigenvalue weighted by atomic mass is 10.1. The van der Waals surface area contributed by atoms with E-state index in [2.05, 4.69) is 20.4 Å². The van der Waals surface area contributed by atoms with Gasteiger partial charge in [-0.25, -0.2) is 14.6 Å². The van der Waals surface area contributed by atoms with Gasteiger partial charge < -0.3 is 14.8 Å². The fourth-order valence-corrected chi connectivity index (χ4v) is 2.44. The van der Waals surface area contributed by atoms with Crippen LogP contribution in [0.15, 0.2) is 47.3 Å². The van der Waals surface area contributed by atoms with E-state index < -0.39 is 17.3 Å². The topological polar surface area (TPSA) is 123 Å². The summed E-state index contributed by atoms with van der Waals surface area (Å²) < 4.78 is 6.82. The summed E-state index contributed by atoms with van der Waals surface area (Å²) in [7, 11) is 0. The number of carbonyl (C=O) groups excluding carboxylic acids is 1. The molecule has 1 aliphatic carbocycles. The van der Waals surface area contributed by atoms with Gasteiger partial charge in [-0.3, -0.25) is 9.59 Å². The zero-order chi connectivity index (χ0) is 17.4. The van der Waals surface area contributed by atoms with Gasteiger partial charge in [0.15, 0.2) is 17.4 Å². The van der Waals surface area contributed by atoms with Gasteiger partial charge in [0, 0.05) is 18.5 Å². The number of anilines is 1. The molecule has 3 aromatic rings. The maximum Gasteiger partial charge on any atom is 0.319 e. The number of nitrogens with one attached hydrogen (secondary N) is 1. The molecule has 4 rings (SSSR count). The first-order valence-electron chi connectivity index (χ1n) is 7.56. The van der Waals surface area contributed by atoms with Gasteiger partial charge in [-0.2, -0.15) is 5.10 Å². The lowest BCUT2D eigenvalue weighted by Gasteiger charge is -2.12. The highest BCUT2D eigenvalue weighted by atomic mass is 16.4. The van der Waals surface area contributed by atoms with Crippen molar-refractivity contribution >= 4 is 17.7 Å². The molecule has 126 valence electrons. The summed E-state index contributed by atoms with van der Waals surface area (Å²) >= 11 is 0. The molecule has 1 saturated carbocycles. The lowest BCUT2D eigenvalue weighted by molar-refractivity contribution is -0.147. The number of furan rings is 1. The van der Waals surface area contributed by atoms with Crippen LogP contribution in [0.1, 0.15) is 12.8 Å².